The van der Waals surface area contributed by atoms with Gasteiger partial charge in [-0.15, -0.1) is 10.2 Å². The van der Waals surface area contributed by atoms with Crippen molar-refractivity contribution in [2.45, 2.75) is 0 Å². The molecule has 0 unspecified atom stereocenters. The summed E-state index contributed by atoms with van der Waals surface area (Å²) in [5.41, 5.74) is 2.08. The number of methoxy groups -OCH3 is 2. The van der Waals surface area contributed by atoms with Gasteiger partial charge in [0.1, 0.15) is 11.3 Å². The van der Waals surface area contributed by atoms with Crippen LogP contribution >= 0.6 is 23.6 Å². The summed E-state index contributed by atoms with van der Waals surface area (Å²) in [6.45, 7) is 0. The normalized spacial score (nSPS) is 10.6. The standard InChI is InChI=1S/C19H16N6O3S2/c1-27-14-8-5-12(9-15(14)28-2)16(26)22-18(29)21-13-6-3-11(4-7-13)17-24-25-10-20-23-19(25)30-17/h3-10H,1-2H3,(H2,21,22,26,29). The highest BCUT2D eigenvalue weighted by Crippen LogP contribution is 2.28. The van der Waals surface area contributed by atoms with Gasteiger partial charge >= 0.3 is 0 Å². The number of nitrogens with zero attached hydrogens (tertiary/aromatic N) is 4. The quantitative estimate of drug-likeness (QED) is 0.457. The summed E-state index contributed by atoms with van der Waals surface area (Å²) in [6, 6.07) is 12.4. The van der Waals surface area contributed by atoms with Crippen LogP contribution in [0.5, 0.6) is 11.5 Å². The lowest BCUT2D eigenvalue weighted by atomic mass is 10.2. The molecule has 0 saturated carbocycles. The minimum atomic E-state index is -0.357. The van der Waals surface area contributed by atoms with Gasteiger partial charge in [-0.1, -0.05) is 11.3 Å². The zero-order valence-corrected chi connectivity index (χ0v) is 17.6. The van der Waals surface area contributed by atoms with Crippen LogP contribution in [0.15, 0.2) is 48.8 Å². The van der Waals surface area contributed by atoms with Gasteiger partial charge in [0, 0.05) is 16.8 Å². The third-order valence-electron chi connectivity index (χ3n) is 4.15. The summed E-state index contributed by atoms with van der Waals surface area (Å²) in [4.78, 5) is 13.2. The van der Waals surface area contributed by atoms with Gasteiger partial charge in [-0.3, -0.25) is 10.1 Å². The largest absolute Gasteiger partial charge is 0.493 e. The van der Waals surface area contributed by atoms with Crippen molar-refractivity contribution >= 4 is 45.2 Å². The number of carbonyl (C=O) groups is 1. The van der Waals surface area contributed by atoms with Gasteiger partial charge in [0.25, 0.3) is 5.91 Å². The van der Waals surface area contributed by atoms with Crippen LogP contribution in [-0.4, -0.2) is 45.1 Å². The first kappa shape index (κ1) is 19.7. The molecule has 9 nitrogen and oxygen atoms in total. The third-order valence-corrected chi connectivity index (χ3v) is 5.32. The summed E-state index contributed by atoms with van der Waals surface area (Å²) in [6.07, 6.45) is 1.56. The number of rotatable bonds is 5. The Bertz CT molecular complexity index is 1190. The number of thiocarbonyl (C=S) groups is 1. The molecule has 30 heavy (non-hydrogen) atoms. The van der Waals surface area contributed by atoms with Gasteiger partial charge in [-0.2, -0.15) is 9.61 Å². The molecule has 2 N–H and O–H groups in total. The molecule has 0 bridgehead atoms. The summed E-state index contributed by atoms with van der Waals surface area (Å²) in [7, 11) is 3.04. The Labute approximate surface area is 180 Å². The molecule has 2 aromatic carbocycles. The number of fused-ring (bicyclic) bond motifs is 1. The van der Waals surface area contributed by atoms with E-state index in [4.69, 9.17) is 21.7 Å². The molecule has 0 fully saturated rings. The lowest BCUT2D eigenvalue weighted by molar-refractivity contribution is 0.0977. The predicted molar refractivity (Wildman–Crippen MR) is 117 cm³/mol. The van der Waals surface area contributed by atoms with E-state index in [-0.39, 0.29) is 11.0 Å². The van der Waals surface area contributed by atoms with E-state index in [1.54, 1.807) is 29.0 Å². The summed E-state index contributed by atoms with van der Waals surface area (Å²) in [5.74, 6) is 0.648. The smallest absolute Gasteiger partial charge is 0.257 e. The average Bonchev–Trinajstić information content (AvgIpc) is 3.36. The number of nitrogens with one attached hydrogen (secondary N) is 2. The Morgan fingerprint density at radius 1 is 1.10 bits per heavy atom. The van der Waals surface area contributed by atoms with E-state index < -0.39 is 0 Å². The summed E-state index contributed by atoms with van der Waals surface area (Å²) >= 11 is 6.70. The fourth-order valence-corrected chi connectivity index (χ4v) is 3.72. The molecule has 0 aliphatic carbocycles. The van der Waals surface area contributed by atoms with E-state index in [1.807, 2.05) is 24.3 Å². The number of amides is 1. The van der Waals surface area contributed by atoms with Gasteiger partial charge in [0.15, 0.2) is 16.6 Å². The molecule has 4 rings (SSSR count). The van der Waals surface area contributed by atoms with Crippen molar-refractivity contribution in [2.75, 3.05) is 19.5 Å². The van der Waals surface area contributed by atoms with Crippen LogP contribution in [0.25, 0.3) is 15.5 Å². The van der Waals surface area contributed by atoms with Crippen molar-refractivity contribution in [3.05, 3.63) is 54.4 Å². The fraction of sp³-hybridized carbons (Fsp3) is 0.105. The number of aromatic nitrogens is 4. The molecule has 4 aromatic rings. The molecule has 11 heteroatoms. The molecule has 2 heterocycles. The maximum Gasteiger partial charge on any atom is 0.257 e. The van der Waals surface area contributed by atoms with Gasteiger partial charge in [0.2, 0.25) is 4.96 Å². The SMILES string of the molecule is COc1ccc(C(=O)NC(=S)Nc2ccc(-c3nn4cnnc4s3)cc2)cc1OC. The Morgan fingerprint density at radius 3 is 2.57 bits per heavy atom. The molecule has 0 spiro atoms. The van der Waals surface area contributed by atoms with E-state index in [0.29, 0.717) is 17.1 Å². The van der Waals surface area contributed by atoms with Crippen LogP contribution < -0.4 is 20.1 Å². The molecule has 0 aliphatic rings. The van der Waals surface area contributed by atoms with Crippen LogP contribution in [0.4, 0.5) is 5.69 Å². The second kappa shape index (κ2) is 8.43. The lowest BCUT2D eigenvalue weighted by Crippen LogP contribution is -2.34. The predicted octanol–water partition coefficient (Wildman–Crippen LogP) is 3.00. The molecular weight excluding hydrogens is 424 g/mol. The fourth-order valence-electron chi connectivity index (χ4n) is 2.69. The van der Waals surface area contributed by atoms with Crippen LogP contribution in [0.2, 0.25) is 0 Å². The van der Waals surface area contributed by atoms with Crippen molar-refractivity contribution in [3.63, 3.8) is 0 Å². The highest BCUT2D eigenvalue weighted by Gasteiger charge is 2.13. The monoisotopic (exact) mass is 440 g/mol. The van der Waals surface area contributed by atoms with E-state index in [2.05, 4.69) is 25.9 Å². The number of hydrogen-bond donors (Lipinski definition) is 2. The second-order valence-electron chi connectivity index (χ2n) is 6.02. The van der Waals surface area contributed by atoms with Gasteiger partial charge in [0.05, 0.1) is 14.2 Å². The number of carbonyl (C=O) groups excluding carboxylic acids is 1. The first-order chi connectivity index (χ1) is 14.6. The summed E-state index contributed by atoms with van der Waals surface area (Å²) < 4.78 is 12.0. The van der Waals surface area contributed by atoms with E-state index in [9.17, 15) is 4.79 Å². The van der Waals surface area contributed by atoms with Crippen LogP contribution in [0.1, 0.15) is 10.4 Å². The van der Waals surface area contributed by atoms with Crippen molar-refractivity contribution in [1.82, 2.24) is 25.1 Å². The van der Waals surface area contributed by atoms with Gasteiger partial charge < -0.3 is 14.8 Å². The van der Waals surface area contributed by atoms with E-state index in [0.717, 1.165) is 21.2 Å². The Kier molecular flexibility index (Phi) is 5.55. The number of anilines is 1. The van der Waals surface area contributed by atoms with Gasteiger partial charge in [-0.25, -0.2) is 0 Å². The Hall–Kier alpha value is -3.57. The molecule has 0 saturated heterocycles. The van der Waals surface area contributed by atoms with Crippen molar-refractivity contribution in [3.8, 4) is 22.1 Å². The van der Waals surface area contributed by atoms with Crippen molar-refractivity contribution < 1.29 is 14.3 Å². The number of hydrogen-bond acceptors (Lipinski definition) is 8. The first-order valence-electron chi connectivity index (χ1n) is 8.69. The number of benzene rings is 2. The number of ether oxygens (including phenoxy) is 2. The highest BCUT2D eigenvalue weighted by molar-refractivity contribution is 7.80. The first-order valence-corrected chi connectivity index (χ1v) is 9.91. The minimum absolute atomic E-state index is 0.182. The maximum absolute atomic E-state index is 12.5. The Balaban J connectivity index is 1.40. The Morgan fingerprint density at radius 2 is 1.87 bits per heavy atom. The van der Waals surface area contributed by atoms with E-state index in [1.165, 1.54) is 25.6 Å². The topological polar surface area (TPSA) is 103 Å². The van der Waals surface area contributed by atoms with Crippen LogP contribution in [0.3, 0.4) is 0 Å². The molecule has 0 atom stereocenters. The minimum Gasteiger partial charge on any atom is -0.493 e. The molecule has 0 radical (unpaired) electrons. The molecular formula is C19H16N6O3S2. The van der Waals surface area contributed by atoms with Crippen molar-refractivity contribution in [2.24, 2.45) is 0 Å². The highest BCUT2D eigenvalue weighted by atomic mass is 32.1. The molecule has 1 amide bonds. The van der Waals surface area contributed by atoms with Crippen molar-refractivity contribution in [1.29, 1.82) is 0 Å². The zero-order valence-electron chi connectivity index (χ0n) is 15.9. The molecule has 0 aliphatic heterocycles. The van der Waals surface area contributed by atoms with Crippen LogP contribution in [-0.2, 0) is 0 Å². The van der Waals surface area contributed by atoms with Crippen LogP contribution in [0, 0.1) is 0 Å². The molecule has 152 valence electrons. The third kappa shape index (κ3) is 4.07. The maximum atomic E-state index is 12.5. The summed E-state index contributed by atoms with van der Waals surface area (Å²) in [5, 5.41) is 18.8. The van der Waals surface area contributed by atoms with Gasteiger partial charge in [-0.05, 0) is 54.7 Å². The zero-order chi connectivity index (χ0) is 21.1. The average molecular weight is 441 g/mol. The van der Waals surface area contributed by atoms with E-state index >= 15 is 0 Å². The lowest BCUT2D eigenvalue weighted by Gasteiger charge is -2.12. The second-order valence-corrected chi connectivity index (χ2v) is 7.38. The molecule has 2 aromatic heterocycles.